The summed E-state index contributed by atoms with van der Waals surface area (Å²) in [5, 5.41) is 0. The standard InChI is InChI=1S/C13H18N4O3/c1-8-7-15-11-9(10(8)14-5-6-20-4)12(18)17(3)13(19)16(11)2/h7,9H,5-6H2,1-4H3/p+1. The van der Waals surface area contributed by atoms with Crippen molar-refractivity contribution < 1.29 is 19.3 Å². The quantitative estimate of drug-likeness (QED) is 0.646. The number of amidine groups is 1. The number of carbonyl (C=O) groups is 2. The van der Waals surface area contributed by atoms with Crippen molar-refractivity contribution in [3.8, 4) is 0 Å². The smallest absolute Gasteiger partial charge is 0.383 e. The van der Waals surface area contributed by atoms with E-state index in [0.717, 1.165) is 10.5 Å². The van der Waals surface area contributed by atoms with Gasteiger partial charge in [0.15, 0.2) is 5.92 Å². The molecule has 1 unspecified atom stereocenters. The van der Waals surface area contributed by atoms with Crippen LogP contribution in [0.5, 0.6) is 0 Å². The summed E-state index contributed by atoms with van der Waals surface area (Å²) < 4.78 is 4.98. The van der Waals surface area contributed by atoms with Crippen LogP contribution in [0.3, 0.4) is 0 Å². The molecule has 0 aromatic heterocycles. The third-order valence-corrected chi connectivity index (χ3v) is 3.48. The minimum atomic E-state index is -0.551. The third-order valence-electron chi connectivity index (χ3n) is 3.48. The summed E-state index contributed by atoms with van der Waals surface area (Å²) in [6, 6.07) is -0.349. The maximum absolute atomic E-state index is 12.4. The van der Waals surface area contributed by atoms with E-state index in [2.05, 4.69) is 9.98 Å². The molecule has 1 saturated heterocycles. The van der Waals surface area contributed by atoms with E-state index in [1.54, 1.807) is 20.4 Å². The molecule has 20 heavy (non-hydrogen) atoms. The number of hydrogen-bond acceptors (Lipinski definition) is 4. The number of methoxy groups -OCH3 is 1. The van der Waals surface area contributed by atoms with Crippen LogP contribution in [0.4, 0.5) is 4.79 Å². The van der Waals surface area contributed by atoms with Crippen LogP contribution >= 0.6 is 0 Å². The molecule has 3 amide bonds. The number of nitrogens with one attached hydrogen (secondary N) is 1. The first-order valence-electron chi connectivity index (χ1n) is 6.38. The molecule has 2 aliphatic rings. The Kier molecular flexibility index (Phi) is 3.99. The molecule has 108 valence electrons. The minimum absolute atomic E-state index is 0.265. The number of fused-ring (bicyclic) bond motifs is 1. The average molecular weight is 279 g/mol. The number of hydrogen-bond donors (Lipinski definition) is 1. The SMILES string of the molecule is COCCN=C1C(C)=C[NH+]=C2C1C(=O)N(C)C(=O)N2C. The number of ether oxygens (including phenoxy) is 1. The van der Waals surface area contributed by atoms with Crippen LogP contribution in [0.25, 0.3) is 0 Å². The Morgan fingerprint density at radius 3 is 2.70 bits per heavy atom. The molecular weight excluding hydrogens is 260 g/mol. The third kappa shape index (κ3) is 2.24. The second-order valence-electron chi connectivity index (χ2n) is 4.79. The van der Waals surface area contributed by atoms with E-state index >= 15 is 0 Å². The van der Waals surface area contributed by atoms with Crippen molar-refractivity contribution in [1.29, 1.82) is 0 Å². The van der Waals surface area contributed by atoms with Gasteiger partial charge in [-0.15, -0.1) is 0 Å². The second-order valence-corrected chi connectivity index (χ2v) is 4.79. The fraction of sp³-hybridized carbons (Fsp3) is 0.538. The molecule has 2 rings (SSSR count). The predicted molar refractivity (Wildman–Crippen MR) is 73.3 cm³/mol. The molecule has 2 heterocycles. The summed E-state index contributed by atoms with van der Waals surface area (Å²) in [6.07, 6.45) is 1.76. The lowest BCUT2D eigenvalue weighted by molar-refractivity contribution is -0.383. The molecule has 0 radical (unpaired) electrons. The van der Waals surface area contributed by atoms with E-state index in [9.17, 15) is 9.59 Å². The largest absolute Gasteiger partial charge is 0.417 e. The van der Waals surface area contributed by atoms with Crippen molar-refractivity contribution in [2.24, 2.45) is 10.9 Å². The molecule has 0 bridgehead atoms. The summed E-state index contributed by atoms with van der Waals surface area (Å²) in [5.74, 6) is -0.261. The zero-order chi connectivity index (χ0) is 14.9. The number of carbonyl (C=O) groups excluding carboxylic acids is 2. The monoisotopic (exact) mass is 279 g/mol. The van der Waals surface area contributed by atoms with Crippen molar-refractivity contribution in [3.63, 3.8) is 0 Å². The maximum Gasteiger partial charge on any atom is 0.417 e. The molecule has 7 heteroatoms. The summed E-state index contributed by atoms with van der Waals surface area (Å²) >= 11 is 0. The molecule has 1 atom stereocenters. The molecule has 0 aromatic rings. The lowest BCUT2D eigenvalue weighted by atomic mass is 9.91. The first kappa shape index (κ1) is 14.4. The molecular formula is C13H19N4O3+. The topological polar surface area (TPSA) is 76.2 Å². The van der Waals surface area contributed by atoms with E-state index < -0.39 is 5.92 Å². The molecule has 0 spiro atoms. The van der Waals surface area contributed by atoms with Gasteiger partial charge < -0.3 is 4.74 Å². The number of allylic oxidation sites excluding steroid dienone is 1. The average Bonchev–Trinajstić information content (AvgIpc) is 2.44. The Labute approximate surface area is 117 Å². The minimum Gasteiger partial charge on any atom is -0.383 e. The summed E-state index contributed by atoms with van der Waals surface area (Å²) in [4.78, 5) is 34.4. The Hall–Kier alpha value is -2.02. The summed E-state index contributed by atoms with van der Waals surface area (Å²) in [6.45, 7) is 2.86. The van der Waals surface area contributed by atoms with E-state index in [-0.39, 0.29) is 11.9 Å². The number of nitrogens with zero attached hydrogens (tertiary/aromatic N) is 3. The van der Waals surface area contributed by atoms with Crippen LogP contribution in [-0.2, 0) is 9.53 Å². The van der Waals surface area contributed by atoms with Crippen LogP contribution in [0, 0.1) is 5.92 Å². The van der Waals surface area contributed by atoms with E-state index in [1.807, 2.05) is 6.92 Å². The molecule has 7 nitrogen and oxygen atoms in total. The highest BCUT2D eigenvalue weighted by atomic mass is 16.5. The van der Waals surface area contributed by atoms with Crippen molar-refractivity contribution in [3.05, 3.63) is 11.8 Å². The van der Waals surface area contributed by atoms with Crippen LogP contribution in [0.1, 0.15) is 6.92 Å². The van der Waals surface area contributed by atoms with Gasteiger partial charge in [-0.1, -0.05) is 0 Å². The number of amides is 3. The van der Waals surface area contributed by atoms with Crippen molar-refractivity contribution in [1.82, 2.24) is 9.80 Å². The fourth-order valence-corrected chi connectivity index (χ4v) is 2.31. The van der Waals surface area contributed by atoms with E-state index in [0.29, 0.717) is 24.7 Å². The Bertz CT molecular complexity index is 536. The van der Waals surface area contributed by atoms with Crippen molar-refractivity contribution in [2.75, 3.05) is 34.4 Å². The van der Waals surface area contributed by atoms with Crippen LogP contribution in [0.2, 0.25) is 0 Å². The normalized spacial score (nSPS) is 24.8. The van der Waals surface area contributed by atoms with Gasteiger partial charge in [-0.05, 0) is 6.92 Å². The molecule has 0 saturated carbocycles. The van der Waals surface area contributed by atoms with Gasteiger partial charge >= 0.3 is 6.03 Å². The van der Waals surface area contributed by atoms with Gasteiger partial charge in [-0.2, -0.15) is 4.90 Å². The second kappa shape index (κ2) is 5.54. The van der Waals surface area contributed by atoms with Crippen molar-refractivity contribution >= 4 is 23.5 Å². The lowest BCUT2D eigenvalue weighted by Gasteiger charge is -2.32. The fourth-order valence-electron chi connectivity index (χ4n) is 2.31. The maximum atomic E-state index is 12.4. The molecule has 1 fully saturated rings. The summed E-state index contributed by atoms with van der Waals surface area (Å²) in [7, 11) is 4.73. The highest BCUT2D eigenvalue weighted by Crippen LogP contribution is 2.20. The van der Waals surface area contributed by atoms with Crippen LogP contribution in [0.15, 0.2) is 16.8 Å². The molecule has 0 aromatic carbocycles. The Morgan fingerprint density at radius 2 is 2.05 bits per heavy atom. The summed E-state index contributed by atoms with van der Waals surface area (Å²) in [5.41, 5.74) is 1.58. The molecule has 0 aliphatic carbocycles. The van der Waals surface area contributed by atoms with Gasteiger partial charge in [0.05, 0.1) is 32.1 Å². The highest BCUT2D eigenvalue weighted by Gasteiger charge is 2.50. The number of rotatable bonds is 3. The first-order chi connectivity index (χ1) is 9.49. The van der Waals surface area contributed by atoms with Gasteiger partial charge in [0.2, 0.25) is 0 Å². The number of imide groups is 1. The first-order valence-corrected chi connectivity index (χ1v) is 6.38. The van der Waals surface area contributed by atoms with Gasteiger partial charge in [0.1, 0.15) is 0 Å². The van der Waals surface area contributed by atoms with Crippen LogP contribution < -0.4 is 4.99 Å². The lowest BCUT2D eigenvalue weighted by Crippen LogP contribution is -2.80. The zero-order valence-corrected chi connectivity index (χ0v) is 12.1. The predicted octanol–water partition coefficient (Wildman–Crippen LogP) is -1.39. The molecule has 1 N–H and O–H groups in total. The van der Waals surface area contributed by atoms with Crippen molar-refractivity contribution in [2.45, 2.75) is 6.92 Å². The zero-order valence-electron chi connectivity index (χ0n) is 12.1. The number of urea groups is 1. The Morgan fingerprint density at radius 1 is 1.35 bits per heavy atom. The van der Waals surface area contributed by atoms with Gasteiger partial charge in [0, 0.05) is 19.7 Å². The molecule has 2 aliphatic heterocycles. The van der Waals surface area contributed by atoms with Gasteiger partial charge in [-0.25, -0.2) is 14.7 Å². The van der Waals surface area contributed by atoms with Gasteiger partial charge in [0.25, 0.3) is 11.7 Å². The van der Waals surface area contributed by atoms with E-state index in [4.69, 9.17) is 4.74 Å². The van der Waals surface area contributed by atoms with Gasteiger partial charge in [-0.3, -0.25) is 9.79 Å². The highest BCUT2D eigenvalue weighted by molar-refractivity contribution is 6.31. The van der Waals surface area contributed by atoms with E-state index in [1.165, 1.54) is 11.9 Å². The number of aliphatic imine (C=N–C) groups is 1. The Balaban J connectivity index is 2.40. The van der Waals surface area contributed by atoms with Crippen LogP contribution in [-0.4, -0.2) is 67.6 Å².